The largest absolute Gasteiger partial charge is 0.372 e. The summed E-state index contributed by atoms with van der Waals surface area (Å²) in [5, 5.41) is 2.37. The molecule has 6 heteroatoms. The van der Waals surface area contributed by atoms with Gasteiger partial charge in [0.05, 0.1) is 22.1 Å². The molecule has 0 atom stereocenters. The van der Waals surface area contributed by atoms with Gasteiger partial charge in [0.1, 0.15) is 0 Å². The molecular formula is C45H29N5O. The molecule has 0 radical (unpaired) electrons. The number of imidazole rings is 1. The van der Waals surface area contributed by atoms with Crippen LogP contribution in [0.5, 0.6) is 0 Å². The predicted molar refractivity (Wildman–Crippen MR) is 207 cm³/mol. The monoisotopic (exact) mass is 655 g/mol. The molecule has 0 aliphatic carbocycles. The van der Waals surface area contributed by atoms with Crippen LogP contribution in [0, 0.1) is 0 Å². The molecule has 10 rings (SSSR count). The van der Waals surface area contributed by atoms with Crippen molar-refractivity contribution in [3.63, 3.8) is 0 Å². The van der Waals surface area contributed by atoms with E-state index in [9.17, 15) is 4.79 Å². The quantitative estimate of drug-likeness (QED) is 0.185. The molecule has 10 aromatic rings. The van der Waals surface area contributed by atoms with Crippen molar-refractivity contribution < 1.29 is 0 Å². The van der Waals surface area contributed by atoms with Crippen molar-refractivity contribution in [2.45, 2.75) is 0 Å². The Bertz CT molecular complexity index is 2980. The van der Waals surface area contributed by atoms with Crippen molar-refractivity contribution in [2.75, 3.05) is 0 Å². The van der Waals surface area contributed by atoms with Crippen LogP contribution in [0.15, 0.2) is 181 Å². The standard InChI is InChI=1S/C45H29N5O/c51-44-46-43(31-15-6-2-7-16-31)50-42-29-34(24-26-41(42)49(45(50)47-44)35-18-8-3-9-19-35)33-23-25-40-38(28-33)37-21-10-11-22-39(37)48(40)36-20-12-17-32(27-36)30-13-4-1-5-14-30/h1-29H. The lowest BCUT2D eigenvalue weighted by Crippen LogP contribution is -2.16. The van der Waals surface area contributed by atoms with Crippen LogP contribution in [0.3, 0.4) is 0 Å². The zero-order chi connectivity index (χ0) is 33.9. The lowest BCUT2D eigenvalue weighted by molar-refractivity contribution is 0.957. The third kappa shape index (κ3) is 4.69. The highest BCUT2D eigenvalue weighted by Crippen LogP contribution is 2.37. The van der Waals surface area contributed by atoms with Gasteiger partial charge in [0, 0.05) is 27.7 Å². The summed E-state index contributed by atoms with van der Waals surface area (Å²) in [6, 6.07) is 60.9. The zero-order valence-electron chi connectivity index (χ0n) is 27.4. The van der Waals surface area contributed by atoms with Crippen molar-refractivity contribution in [2.24, 2.45) is 0 Å². The van der Waals surface area contributed by atoms with Crippen molar-refractivity contribution in [3.05, 3.63) is 186 Å². The number of benzene rings is 7. The van der Waals surface area contributed by atoms with Gasteiger partial charge in [-0.15, -0.1) is 0 Å². The normalized spacial score (nSPS) is 11.6. The molecule has 0 fully saturated rings. The van der Waals surface area contributed by atoms with Crippen molar-refractivity contribution in [1.29, 1.82) is 0 Å². The zero-order valence-corrected chi connectivity index (χ0v) is 27.4. The van der Waals surface area contributed by atoms with Gasteiger partial charge in [0.2, 0.25) is 5.78 Å². The number of nitrogens with zero attached hydrogens (tertiary/aromatic N) is 5. The number of hydrogen-bond donors (Lipinski definition) is 0. The van der Waals surface area contributed by atoms with Gasteiger partial charge in [-0.25, -0.2) is 4.79 Å². The molecule has 0 spiro atoms. The Balaban J connectivity index is 1.20. The first kappa shape index (κ1) is 28.9. The fraction of sp³-hybridized carbons (Fsp3) is 0. The molecule has 3 heterocycles. The van der Waals surface area contributed by atoms with E-state index in [1.165, 1.54) is 21.9 Å². The van der Waals surface area contributed by atoms with Crippen molar-refractivity contribution in [1.82, 2.24) is 23.5 Å². The number of fused-ring (bicyclic) bond motifs is 6. The second kappa shape index (κ2) is 11.5. The fourth-order valence-corrected chi connectivity index (χ4v) is 7.44. The second-order valence-electron chi connectivity index (χ2n) is 12.7. The van der Waals surface area contributed by atoms with Gasteiger partial charge in [-0.2, -0.15) is 9.97 Å². The van der Waals surface area contributed by atoms with E-state index in [0.29, 0.717) is 11.6 Å². The molecule has 0 saturated carbocycles. The smallest absolute Gasteiger partial charge is 0.309 e. The minimum Gasteiger partial charge on any atom is -0.309 e. The van der Waals surface area contributed by atoms with Crippen molar-refractivity contribution >= 4 is 38.6 Å². The third-order valence-electron chi connectivity index (χ3n) is 9.73. The maximum atomic E-state index is 13.0. The molecule has 7 aromatic carbocycles. The maximum absolute atomic E-state index is 13.0. The summed E-state index contributed by atoms with van der Waals surface area (Å²) in [5.41, 5.74) is 11.0. The summed E-state index contributed by atoms with van der Waals surface area (Å²) >= 11 is 0. The summed E-state index contributed by atoms with van der Waals surface area (Å²) in [5.74, 6) is 1.07. The van der Waals surface area contributed by atoms with E-state index < -0.39 is 5.69 Å². The van der Waals surface area contributed by atoms with E-state index in [-0.39, 0.29) is 0 Å². The molecule has 0 amide bonds. The first-order valence-electron chi connectivity index (χ1n) is 17.0. The van der Waals surface area contributed by atoms with Gasteiger partial charge in [0.25, 0.3) is 0 Å². The lowest BCUT2D eigenvalue weighted by atomic mass is 10.0. The summed E-state index contributed by atoms with van der Waals surface area (Å²) in [6.45, 7) is 0. The first-order chi connectivity index (χ1) is 25.2. The van der Waals surface area contributed by atoms with Crippen LogP contribution in [0.1, 0.15) is 0 Å². The van der Waals surface area contributed by atoms with E-state index in [2.05, 4.69) is 124 Å². The molecule has 240 valence electrons. The molecule has 6 nitrogen and oxygen atoms in total. The molecule has 0 unspecified atom stereocenters. The maximum Gasteiger partial charge on any atom is 0.372 e. The molecule has 51 heavy (non-hydrogen) atoms. The van der Waals surface area contributed by atoms with E-state index in [1.807, 2.05) is 75.7 Å². The number of aromatic nitrogens is 5. The van der Waals surface area contributed by atoms with Crippen LogP contribution >= 0.6 is 0 Å². The van der Waals surface area contributed by atoms with E-state index in [0.717, 1.165) is 50.1 Å². The third-order valence-corrected chi connectivity index (χ3v) is 9.73. The van der Waals surface area contributed by atoms with Gasteiger partial charge >= 0.3 is 5.69 Å². The van der Waals surface area contributed by atoms with Gasteiger partial charge < -0.3 is 4.57 Å². The fourth-order valence-electron chi connectivity index (χ4n) is 7.44. The molecule has 0 saturated heterocycles. The van der Waals surface area contributed by atoms with Crippen LogP contribution in [0.4, 0.5) is 0 Å². The summed E-state index contributed by atoms with van der Waals surface area (Å²) < 4.78 is 6.40. The van der Waals surface area contributed by atoms with Crippen LogP contribution in [-0.2, 0) is 0 Å². The van der Waals surface area contributed by atoms with Gasteiger partial charge in [0.15, 0.2) is 5.82 Å². The Morgan fingerprint density at radius 1 is 0.373 bits per heavy atom. The minimum atomic E-state index is -0.523. The number of rotatable bonds is 5. The number of hydrogen-bond acceptors (Lipinski definition) is 3. The van der Waals surface area contributed by atoms with Gasteiger partial charge in [-0.3, -0.25) is 8.97 Å². The average Bonchev–Trinajstić information content (AvgIpc) is 3.70. The summed E-state index contributed by atoms with van der Waals surface area (Å²) in [4.78, 5) is 21.9. The van der Waals surface area contributed by atoms with Crippen LogP contribution in [-0.4, -0.2) is 23.5 Å². The molecule has 3 aromatic heterocycles. The molecule has 0 bridgehead atoms. The summed E-state index contributed by atoms with van der Waals surface area (Å²) in [6.07, 6.45) is 0. The molecule has 0 aliphatic rings. The Hall–Kier alpha value is -7.05. The first-order valence-corrected chi connectivity index (χ1v) is 17.0. The van der Waals surface area contributed by atoms with Gasteiger partial charge in [-0.1, -0.05) is 121 Å². The van der Waals surface area contributed by atoms with E-state index >= 15 is 0 Å². The molecule has 0 aliphatic heterocycles. The predicted octanol–water partition coefficient (Wildman–Crippen LogP) is 10.1. The van der Waals surface area contributed by atoms with Crippen LogP contribution in [0.2, 0.25) is 0 Å². The SMILES string of the molecule is O=c1nc(-c2ccccc2)n2c3cc(-c4ccc5c(c4)c4ccccc4n5-c4cccc(-c5ccccc5)c4)ccc3n(-c3ccccc3)c2n1. The van der Waals surface area contributed by atoms with Crippen LogP contribution in [0.25, 0.3) is 83.6 Å². The van der Waals surface area contributed by atoms with Gasteiger partial charge in [-0.05, 0) is 76.9 Å². The second-order valence-corrected chi connectivity index (χ2v) is 12.7. The van der Waals surface area contributed by atoms with Crippen molar-refractivity contribution in [3.8, 4) is 45.0 Å². The number of para-hydroxylation sites is 2. The Labute approximate surface area is 292 Å². The van der Waals surface area contributed by atoms with Crippen LogP contribution < -0.4 is 5.69 Å². The summed E-state index contributed by atoms with van der Waals surface area (Å²) in [7, 11) is 0. The Morgan fingerprint density at radius 2 is 0.961 bits per heavy atom. The topological polar surface area (TPSA) is 57.1 Å². The minimum absolute atomic E-state index is 0.517. The highest BCUT2D eigenvalue weighted by Gasteiger charge is 2.20. The van der Waals surface area contributed by atoms with E-state index in [4.69, 9.17) is 0 Å². The van der Waals surface area contributed by atoms with E-state index in [1.54, 1.807) is 0 Å². The molecule has 0 N–H and O–H groups in total. The molecular weight excluding hydrogens is 627 g/mol. The Morgan fingerprint density at radius 3 is 1.75 bits per heavy atom. The average molecular weight is 656 g/mol. The lowest BCUT2D eigenvalue weighted by Gasteiger charge is -2.11. The highest BCUT2D eigenvalue weighted by molar-refractivity contribution is 6.10. The highest BCUT2D eigenvalue weighted by atomic mass is 16.1. The Kier molecular flexibility index (Phi) is 6.54.